The van der Waals surface area contributed by atoms with Gasteiger partial charge in [-0.1, -0.05) is 12.1 Å². The number of nitrogens with zero attached hydrogens (tertiary/aromatic N) is 2. The molecule has 0 radical (unpaired) electrons. The molecule has 0 aliphatic heterocycles. The highest BCUT2D eigenvalue weighted by Crippen LogP contribution is 2.29. The van der Waals surface area contributed by atoms with Crippen LogP contribution in [0.25, 0.3) is 0 Å². The number of hydrogen-bond acceptors (Lipinski definition) is 6. The van der Waals surface area contributed by atoms with Crippen LogP contribution < -0.4 is 9.64 Å². The largest absolute Gasteiger partial charge is 0.494 e. The molecule has 29 heavy (non-hydrogen) atoms. The van der Waals surface area contributed by atoms with Crippen molar-refractivity contribution in [1.82, 2.24) is 4.98 Å². The SMILES string of the molecule is CCOc1ccc(C(=O)OCc2csc(N(C(C)=O)c3cccc(C)c3)n2)cc1. The zero-order valence-corrected chi connectivity index (χ0v) is 17.4. The van der Waals surface area contributed by atoms with Crippen molar-refractivity contribution in [2.45, 2.75) is 27.4 Å². The summed E-state index contributed by atoms with van der Waals surface area (Å²) < 4.78 is 10.7. The summed E-state index contributed by atoms with van der Waals surface area (Å²) in [6, 6.07) is 14.4. The van der Waals surface area contributed by atoms with E-state index in [2.05, 4.69) is 4.98 Å². The Kier molecular flexibility index (Phi) is 6.61. The smallest absolute Gasteiger partial charge is 0.338 e. The van der Waals surface area contributed by atoms with Gasteiger partial charge in [-0.25, -0.2) is 9.78 Å². The summed E-state index contributed by atoms with van der Waals surface area (Å²) in [6.07, 6.45) is 0. The lowest BCUT2D eigenvalue weighted by Gasteiger charge is -2.18. The minimum Gasteiger partial charge on any atom is -0.494 e. The number of aryl methyl sites for hydroxylation is 1. The molecule has 150 valence electrons. The summed E-state index contributed by atoms with van der Waals surface area (Å²) in [4.78, 5) is 30.5. The molecule has 0 saturated carbocycles. The molecule has 0 fully saturated rings. The van der Waals surface area contributed by atoms with E-state index in [0.29, 0.717) is 28.7 Å². The monoisotopic (exact) mass is 410 g/mol. The van der Waals surface area contributed by atoms with Crippen LogP contribution in [0.1, 0.15) is 35.5 Å². The van der Waals surface area contributed by atoms with Gasteiger partial charge >= 0.3 is 5.97 Å². The Labute approximate surface area is 173 Å². The summed E-state index contributed by atoms with van der Waals surface area (Å²) in [5.41, 5.74) is 2.83. The molecule has 3 aromatic rings. The van der Waals surface area contributed by atoms with Crippen LogP contribution >= 0.6 is 11.3 Å². The third kappa shape index (κ3) is 5.20. The van der Waals surface area contributed by atoms with Gasteiger partial charge in [0, 0.05) is 12.3 Å². The van der Waals surface area contributed by atoms with Crippen molar-refractivity contribution in [2.75, 3.05) is 11.5 Å². The minimum absolute atomic E-state index is 0.0299. The van der Waals surface area contributed by atoms with E-state index >= 15 is 0 Å². The molecular weight excluding hydrogens is 388 g/mol. The second-order valence-corrected chi connectivity index (χ2v) is 7.18. The second kappa shape index (κ2) is 9.34. The van der Waals surface area contributed by atoms with Crippen LogP contribution in [-0.4, -0.2) is 23.5 Å². The lowest BCUT2D eigenvalue weighted by atomic mass is 10.2. The van der Waals surface area contributed by atoms with Crippen LogP contribution in [0.4, 0.5) is 10.8 Å². The third-order valence-electron chi connectivity index (χ3n) is 4.06. The summed E-state index contributed by atoms with van der Waals surface area (Å²) >= 11 is 1.33. The Bertz CT molecular complexity index is 998. The van der Waals surface area contributed by atoms with Gasteiger partial charge in [-0.2, -0.15) is 0 Å². The predicted octanol–water partition coefficient (Wildman–Crippen LogP) is 4.89. The Balaban J connectivity index is 1.67. The molecule has 2 aromatic carbocycles. The van der Waals surface area contributed by atoms with E-state index in [0.717, 1.165) is 11.3 Å². The number of ether oxygens (including phenoxy) is 2. The van der Waals surface area contributed by atoms with E-state index in [9.17, 15) is 9.59 Å². The standard InChI is InChI=1S/C22H22N2O4S/c1-4-27-20-10-8-17(9-11-20)21(26)28-13-18-14-29-22(23-18)24(16(3)25)19-7-5-6-15(2)12-19/h5-12,14H,4,13H2,1-3H3. The predicted molar refractivity (Wildman–Crippen MR) is 113 cm³/mol. The topological polar surface area (TPSA) is 68.7 Å². The molecule has 0 unspecified atom stereocenters. The quantitative estimate of drug-likeness (QED) is 0.519. The first kappa shape index (κ1) is 20.5. The lowest BCUT2D eigenvalue weighted by Crippen LogP contribution is -2.22. The lowest BCUT2D eigenvalue weighted by molar-refractivity contribution is -0.115. The Morgan fingerprint density at radius 1 is 1.14 bits per heavy atom. The number of benzene rings is 2. The normalized spacial score (nSPS) is 10.4. The highest BCUT2D eigenvalue weighted by molar-refractivity contribution is 7.14. The van der Waals surface area contributed by atoms with Crippen LogP contribution in [-0.2, 0) is 16.1 Å². The van der Waals surface area contributed by atoms with Crippen LogP contribution in [0.2, 0.25) is 0 Å². The van der Waals surface area contributed by atoms with Crippen LogP contribution in [0.5, 0.6) is 5.75 Å². The molecule has 0 bridgehead atoms. The Morgan fingerprint density at radius 2 is 1.90 bits per heavy atom. The van der Waals surface area contributed by atoms with Crippen molar-refractivity contribution in [1.29, 1.82) is 0 Å². The highest BCUT2D eigenvalue weighted by Gasteiger charge is 2.18. The highest BCUT2D eigenvalue weighted by atomic mass is 32.1. The number of aromatic nitrogens is 1. The summed E-state index contributed by atoms with van der Waals surface area (Å²) in [7, 11) is 0. The summed E-state index contributed by atoms with van der Waals surface area (Å²) in [5, 5.41) is 2.32. The number of carbonyl (C=O) groups is 2. The number of hydrogen-bond donors (Lipinski definition) is 0. The third-order valence-corrected chi connectivity index (χ3v) is 4.93. The van der Waals surface area contributed by atoms with Crippen molar-refractivity contribution >= 4 is 34.0 Å². The number of carbonyl (C=O) groups excluding carboxylic acids is 2. The van der Waals surface area contributed by atoms with E-state index in [-0.39, 0.29) is 12.5 Å². The molecule has 6 nitrogen and oxygen atoms in total. The average Bonchev–Trinajstić information content (AvgIpc) is 3.15. The molecule has 0 aliphatic rings. The molecule has 0 aliphatic carbocycles. The van der Waals surface area contributed by atoms with Crippen LogP contribution in [0, 0.1) is 6.92 Å². The zero-order valence-electron chi connectivity index (χ0n) is 16.5. The number of rotatable bonds is 7. The average molecular weight is 410 g/mol. The van der Waals surface area contributed by atoms with Gasteiger partial charge in [-0.05, 0) is 55.8 Å². The first-order valence-electron chi connectivity index (χ1n) is 9.19. The fraction of sp³-hybridized carbons (Fsp3) is 0.227. The fourth-order valence-corrected chi connectivity index (χ4v) is 3.61. The first-order chi connectivity index (χ1) is 14.0. The Morgan fingerprint density at radius 3 is 2.55 bits per heavy atom. The van der Waals surface area contributed by atoms with Gasteiger partial charge in [0.1, 0.15) is 12.4 Å². The molecule has 7 heteroatoms. The maximum Gasteiger partial charge on any atom is 0.338 e. The zero-order chi connectivity index (χ0) is 20.8. The van der Waals surface area contributed by atoms with Crippen molar-refractivity contribution in [3.8, 4) is 5.75 Å². The molecular formula is C22H22N2O4S. The molecule has 1 heterocycles. The van der Waals surface area contributed by atoms with Gasteiger partial charge in [0.15, 0.2) is 5.13 Å². The molecule has 0 spiro atoms. The van der Waals surface area contributed by atoms with Gasteiger partial charge in [0.25, 0.3) is 0 Å². The molecule has 0 N–H and O–H groups in total. The summed E-state index contributed by atoms with van der Waals surface area (Å²) in [6.45, 7) is 5.96. The number of anilines is 2. The fourth-order valence-electron chi connectivity index (χ4n) is 2.74. The number of thiazole rings is 1. The van der Waals surface area contributed by atoms with Gasteiger partial charge in [0.2, 0.25) is 5.91 Å². The summed E-state index contributed by atoms with van der Waals surface area (Å²) in [5.74, 6) is 0.126. The minimum atomic E-state index is -0.440. The number of esters is 1. The van der Waals surface area contributed by atoms with Crippen molar-refractivity contribution < 1.29 is 19.1 Å². The first-order valence-corrected chi connectivity index (χ1v) is 10.1. The molecule has 1 aromatic heterocycles. The maximum atomic E-state index is 12.2. The van der Waals surface area contributed by atoms with Gasteiger partial charge in [0.05, 0.1) is 23.6 Å². The van der Waals surface area contributed by atoms with E-state index in [1.807, 2.05) is 38.1 Å². The number of amides is 1. The van der Waals surface area contributed by atoms with Gasteiger partial charge in [-0.3, -0.25) is 9.69 Å². The molecule has 1 amide bonds. The van der Waals surface area contributed by atoms with Crippen molar-refractivity contribution in [3.63, 3.8) is 0 Å². The van der Waals surface area contributed by atoms with E-state index < -0.39 is 5.97 Å². The van der Waals surface area contributed by atoms with Crippen molar-refractivity contribution in [2.24, 2.45) is 0 Å². The second-order valence-electron chi connectivity index (χ2n) is 6.35. The molecule has 0 saturated heterocycles. The Hall–Kier alpha value is -3.19. The van der Waals surface area contributed by atoms with Crippen LogP contribution in [0.3, 0.4) is 0 Å². The van der Waals surface area contributed by atoms with Gasteiger partial charge in [-0.15, -0.1) is 11.3 Å². The molecule has 3 rings (SSSR count). The van der Waals surface area contributed by atoms with E-state index in [1.54, 1.807) is 34.5 Å². The van der Waals surface area contributed by atoms with Gasteiger partial charge < -0.3 is 9.47 Å². The van der Waals surface area contributed by atoms with Crippen molar-refractivity contribution in [3.05, 3.63) is 70.7 Å². The van der Waals surface area contributed by atoms with Crippen LogP contribution in [0.15, 0.2) is 53.9 Å². The molecule has 0 atom stereocenters. The van der Waals surface area contributed by atoms with E-state index in [1.165, 1.54) is 18.3 Å². The van der Waals surface area contributed by atoms with E-state index in [4.69, 9.17) is 9.47 Å². The maximum absolute atomic E-state index is 12.2.